The Balaban J connectivity index is 1.49. The lowest BCUT2D eigenvalue weighted by Gasteiger charge is -2.31. The second-order valence-corrected chi connectivity index (χ2v) is 7.79. The zero-order valence-corrected chi connectivity index (χ0v) is 16.2. The van der Waals surface area contributed by atoms with Crippen LogP contribution in [0.2, 0.25) is 0 Å². The Labute approximate surface area is 165 Å². The van der Waals surface area contributed by atoms with E-state index >= 15 is 0 Å². The fourth-order valence-corrected chi connectivity index (χ4v) is 3.89. The van der Waals surface area contributed by atoms with E-state index in [2.05, 4.69) is 15.5 Å². The average molecular weight is 387 g/mol. The molecule has 0 bridgehead atoms. The number of anilines is 2. The molecule has 0 unspecified atom stereocenters. The molecule has 1 saturated carbocycles. The predicted octanol–water partition coefficient (Wildman–Crippen LogP) is 2.17. The van der Waals surface area contributed by atoms with Crippen molar-refractivity contribution in [2.75, 3.05) is 49.7 Å². The molecule has 2 N–H and O–H groups in total. The molecule has 2 saturated heterocycles. The van der Waals surface area contributed by atoms with Gasteiger partial charge < -0.3 is 25.0 Å². The zero-order valence-electron chi connectivity index (χ0n) is 16.2. The Morgan fingerprint density at radius 1 is 1.07 bits per heavy atom. The summed E-state index contributed by atoms with van der Waals surface area (Å²) in [6.07, 6.45) is 5.20. The Kier molecular flexibility index (Phi) is 6.12. The van der Waals surface area contributed by atoms with Crippen molar-refractivity contribution in [1.82, 2.24) is 5.32 Å². The van der Waals surface area contributed by atoms with Crippen LogP contribution in [0, 0.1) is 5.92 Å². The quantitative estimate of drug-likeness (QED) is 0.782. The van der Waals surface area contributed by atoms with Gasteiger partial charge in [0.05, 0.1) is 30.6 Å². The minimum Gasteiger partial charge on any atom is -0.378 e. The van der Waals surface area contributed by atoms with E-state index in [1.165, 1.54) is 0 Å². The van der Waals surface area contributed by atoms with Gasteiger partial charge in [-0.1, -0.05) is 6.42 Å². The summed E-state index contributed by atoms with van der Waals surface area (Å²) in [6, 6.07) is 5.55. The molecule has 0 spiro atoms. The van der Waals surface area contributed by atoms with E-state index in [0.717, 1.165) is 63.2 Å². The Hall–Kier alpha value is -2.12. The maximum absolute atomic E-state index is 12.9. The largest absolute Gasteiger partial charge is 0.378 e. The van der Waals surface area contributed by atoms with E-state index < -0.39 is 0 Å². The van der Waals surface area contributed by atoms with Gasteiger partial charge >= 0.3 is 0 Å². The van der Waals surface area contributed by atoms with Gasteiger partial charge in [-0.05, 0) is 43.9 Å². The van der Waals surface area contributed by atoms with Crippen LogP contribution in [0.1, 0.15) is 42.5 Å². The topological polar surface area (TPSA) is 79.9 Å². The number of benzene rings is 1. The Morgan fingerprint density at radius 2 is 1.89 bits per heavy atom. The van der Waals surface area contributed by atoms with Crippen LogP contribution >= 0.6 is 0 Å². The van der Waals surface area contributed by atoms with E-state index in [1.54, 1.807) is 0 Å². The summed E-state index contributed by atoms with van der Waals surface area (Å²) < 4.78 is 11.1. The summed E-state index contributed by atoms with van der Waals surface area (Å²) >= 11 is 0. The lowest BCUT2D eigenvalue weighted by Crippen LogP contribution is -2.38. The van der Waals surface area contributed by atoms with E-state index in [4.69, 9.17) is 9.47 Å². The number of ether oxygens (including phenoxy) is 2. The zero-order chi connectivity index (χ0) is 19.3. The van der Waals surface area contributed by atoms with Gasteiger partial charge in [-0.25, -0.2) is 0 Å². The van der Waals surface area contributed by atoms with Crippen molar-refractivity contribution in [2.45, 2.75) is 38.2 Å². The second kappa shape index (κ2) is 8.92. The maximum atomic E-state index is 12.9. The predicted molar refractivity (Wildman–Crippen MR) is 107 cm³/mol. The fourth-order valence-electron chi connectivity index (χ4n) is 3.89. The average Bonchev–Trinajstić information content (AvgIpc) is 3.19. The first kappa shape index (κ1) is 19.2. The minimum absolute atomic E-state index is 0.0785. The highest BCUT2D eigenvalue weighted by Crippen LogP contribution is 2.30. The van der Waals surface area contributed by atoms with Gasteiger partial charge in [0, 0.05) is 37.8 Å². The van der Waals surface area contributed by atoms with E-state index in [9.17, 15) is 9.59 Å². The number of carbonyl (C=O) groups excluding carboxylic acids is 2. The molecular weight excluding hydrogens is 358 g/mol. The first-order valence-corrected chi connectivity index (χ1v) is 10.4. The highest BCUT2D eigenvalue weighted by Gasteiger charge is 2.26. The third-order valence-electron chi connectivity index (χ3n) is 5.85. The Morgan fingerprint density at radius 3 is 2.57 bits per heavy atom. The van der Waals surface area contributed by atoms with Gasteiger partial charge in [0.15, 0.2) is 0 Å². The molecule has 1 aromatic rings. The van der Waals surface area contributed by atoms with Crippen LogP contribution in [-0.4, -0.2) is 57.4 Å². The molecule has 1 aromatic carbocycles. The number of nitrogens with zero attached hydrogens (tertiary/aromatic N) is 1. The van der Waals surface area contributed by atoms with Crippen molar-refractivity contribution in [3.8, 4) is 0 Å². The summed E-state index contributed by atoms with van der Waals surface area (Å²) in [5.74, 6) is 0.102. The molecule has 7 heteroatoms. The van der Waals surface area contributed by atoms with E-state index in [1.807, 2.05) is 18.2 Å². The third-order valence-corrected chi connectivity index (χ3v) is 5.85. The van der Waals surface area contributed by atoms with Crippen LogP contribution < -0.4 is 15.5 Å². The van der Waals surface area contributed by atoms with Gasteiger partial charge in [-0.2, -0.15) is 0 Å². The minimum atomic E-state index is -0.103. The first-order chi connectivity index (χ1) is 13.7. The van der Waals surface area contributed by atoms with Crippen LogP contribution in [0.25, 0.3) is 0 Å². The van der Waals surface area contributed by atoms with Crippen LogP contribution in [0.5, 0.6) is 0 Å². The SMILES string of the molecule is O=C(NC[C@@H]1CCCO1)c1ccc(NC(=O)C2CCC2)cc1N1CCOCC1. The van der Waals surface area contributed by atoms with Crippen molar-refractivity contribution in [1.29, 1.82) is 0 Å². The van der Waals surface area contributed by atoms with Crippen LogP contribution in [-0.2, 0) is 14.3 Å². The number of nitrogens with one attached hydrogen (secondary N) is 2. The molecule has 7 nitrogen and oxygen atoms in total. The van der Waals surface area contributed by atoms with Crippen LogP contribution in [0.4, 0.5) is 11.4 Å². The molecule has 3 fully saturated rings. The number of carbonyl (C=O) groups is 2. The summed E-state index contributed by atoms with van der Waals surface area (Å²) in [6.45, 7) is 4.03. The van der Waals surface area contributed by atoms with Crippen molar-refractivity contribution in [3.05, 3.63) is 23.8 Å². The van der Waals surface area contributed by atoms with Gasteiger partial charge in [0.25, 0.3) is 5.91 Å². The van der Waals surface area contributed by atoms with Crippen molar-refractivity contribution >= 4 is 23.2 Å². The molecule has 1 atom stereocenters. The second-order valence-electron chi connectivity index (χ2n) is 7.79. The first-order valence-electron chi connectivity index (χ1n) is 10.4. The normalized spacial score (nSPS) is 22.6. The molecule has 28 heavy (non-hydrogen) atoms. The van der Waals surface area contributed by atoms with Gasteiger partial charge in [-0.3, -0.25) is 9.59 Å². The summed E-state index contributed by atoms with van der Waals surface area (Å²) in [4.78, 5) is 27.3. The number of rotatable bonds is 6. The number of hydrogen-bond donors (Lipinski definition) is 2. The van der Waals surface area contributed by atoms with Gasteiger partial charge in [-0.15, -0.1) is 0 Å². The van der Waals surface area contributed by atoms with Gasteiger partial charge in [0.1, 0.15) is 0 Å². The molecule has 2 aliphatic heterocycles. The molecule has 2 amide bonds. The number of morpholine rings is 1. The monoisotopic (exact) mass is 387 g/mol. The molecule has 3 aliphatic rings. The molecule has 0 radical (unpaired) electrons. The molecule has 2 heterocycles. The smallest absolute Gasteiger partial charge is 0.253 e. The standard InChI is InChI=1S/C21H29N3O4/c25-20(15-3-1-4-15)23-16-6-7-18(19(13-16)24-8-11-27-12-9-24)21(26)22-14-17-5-2-10-28-17/h6-7,13,15,17H,1-5,8-12,14H2,(H,22,26)(H,23,25)/t17-/m0/s1. The molecule has 0 aromatic heterocycles. The van der Waals surface area contributed by atoms with Crippen LogP contribution in [0.15, 0.2) is 18.2 Å². The molecule has 4 rings (SSSR count). The molecule has 1 aliphatic carbocycles. The number of hydrogen-bond acceptors (Lipinski definition) is 5. The summed E-state index contributed by atoms with van der Waals surface area (Å²) in [5.41, 5.74) is 2.22. The Bertz CT molecular complexity index is 708. The molecular formula is C21H29N3O4. The van der Waals surface area contributed by atoms with Crippen molar-refractivity contribution in [3.63, 3.8) is 0 Å². The van der Waals surface area contributed by atoms with E-state index in [-0.39, 0.29) is 23.8 Å². The van der Waals surface area contributed by atoms with Crippen molar-refractivity contribution in [2.24, 2.45) is 5.92 Å². The lowest BCUT2D eigenvalue weighted by atomic mass is 9.85. The third kappa shape index (κ3) is 4.47. The summed E-state index contributed by atoms with van der Waals surface area (Å²) in [5, 5.41) is 6.03. The maximum Gasteiger partial charge on any atom is 0.253 e. The highest BCUT2D eigenvalue weighted by molar-refractivity contribution is 6.01. The van der Waals surface area contributed by atoms with E-state index in [0.29, 0.717) is 25.3 Å². The number of amides is 2. The lowest BCUT2D eigenvalue weighted by molar-refractivity contribution is -0.122. The highest BCUT2D eigenvalue weighted by atomic mass is 16.5. The fraction of sp³-hybridized carbons (Fsp3) is 0.619. The van der Waals surface area contributed by atoms with Crippen LogP contribution in [0.3, 0.4) is 0 Å². The molecule has 152 valence electrons. The van der Waals surface area contributed by atoms with Crippen molar-refractivity contribution < 1.29 is 19.1 Å². The summed E-state index contributed by atoms with van der Waals surface area (Å²) in [7, 11) is 0. The van der Waals surface area contributed by atoms with Gasteiger partial charge in [0.2, 0.25) is 5.91 Å².